The lowest BCUT2D eigenvalue weighted by Crippen LogP contribution is -2.10. The molecule has 0 atom stereocenters. The van der Waals surface area contributed by atoms with E-state index in [4.69, 9.17) is 0 Å². The maximum Gasteiger partial charge on any atom is 0.0542 e. The maximum atomic E-state index is 2.42. The third-order valence-electron chi connectivity index (χ3n) is 13.7. The van der Waals surface area contributed by atoms with Gasteiger partial charge in [-0.15, -0.1) is 0 Å². The highest BCUT2D eigenvalue weighted by atomic mass is 15.1. The molecule has 0 aliphatic rings. The van der Waals surface area contributed by atoms with Crippen molar-refractivity contribution >= 4 is 71.2 Å². The van der Waals surface area contributed by atoms with Crippen molar-refractivity contribution in [1.82, 2.24) is 4.57 Å². The SMILES string of the molecule is c1ccc(-c2c(-c3ccccc3)c3cc(-c4ccc(N(c5cccc(-c6cccc7ccccc67)c5)c5ccc6c(c5)c5ccccc5n6-c5ccccc5)cc4)ccc3c3ccccc23)cc1. The predicted octanol–water partition coefficient (Wildman–Crippen LogP) is 18.4. The van der Waals surface area contributed by atoms with E-state index in [-0.39, 0.29) is 0 Å². The second-order valence-electron chi connectivity index (χ2n) is 17.6. The molecule has 1 aromatic heterocycles. The first-order chi connectivity index (χ1) is 33.7. The van der Waals surface area contributed by atoms with Crippen LogP contribution in [0.25, 0.3) is 104 Å². The normalized spacial score (nSPS) is 11.5. The van der Waals surface area contributed by atoms with Crippen LogP contribution in [-0.4, -0.2) is 4.57 Å². The molecule has 0 saturated heterocycles. The Bertz CT molecular complexity index is 4000. The predicted molar refractivity (Wildman–Crippen MR) is 290 cm³/mol. The lowest BCUT2D eigenvalue weighted by Gasteiger charge is -2.26. The van der Waals surface area contributed by atoms with Gasteiger partial charge in [0.2, 0.25) is 0 Å². The zero-order valence-electron chi connectivity index (χ0n) is 37.3. The number of fused-ring (bicyclic) bond motifs is 7. The monoisotopic (exact) mass is 864 g/mol. The minimum Gasteiger partial charge on any atom is -0.310 e. The molecule has 0 aliphatic carbocycles. The Morgan fingerprint density at radius 1 is 0.250 bits per heavy atom. The fraction of sp³-hybridized carbons (Fsp3) is 0. The van der Waals surface area contributed by atoms with E-state index < -0.39 is 0 Å². The molecular formula is C66H44N2. The van der Waals surface area contributed by atoms with E-state index in [1.807, 2.05) is 0 Å². The average Bonchev–Trinajstić information content (AvgIpc) is 3.75. The quantitative estimate of drug-likeness (QED) is 0.138. The second-order valence-corrected chi connectivity index (χ2v) is 17.6. The number of nitrogens with zero attached hydrogens (tertiary/aromatic N) is 2. The smallest absolute Gasteiger partial charge is 0.0542 e. The Balaban J connectivity index is 0.987. The van der Waals surface area contributed by atoms with Gasteiger partial charge in [-0.1, -0.05) is 200 Å². The molecule has 0 N–H and O–H groups in total. The maximum absolute atomic E-state index is 2.42. The topological polar surface area (TPSA) is 8.17 Å². The molecule has 2 nitrogen and oxygen atoms in total. The Labute approximate surface area is 395 Å². The molecule has 1 heterocycles. The summed E-state index contributed by atoms with van der Waals surface area (Å²) in [6, 6.07) is 97.5. The van der Waals surface area contributed by atoms with Crippen molar-refractivity contribution in [2.45, 2.75) is 0 Å². The Hall–Kier alpha value is -8.98. The number of aromatic nitrogens is 1. The van der Waals surface area contributed by atoms with E-state index in [9.17, 15) is 0 Å². The number of hydrogen-bond donors (Lipinski definition) is 0. The Kier molecular flexibility index (Phi) is 9.54. The first kappa shape index (κ1) is 39.4. The highest BCUT2D eigenvalue weighted by Crippen LogP contribution is 2.46. The number of hydrogen-bond acceptors (Lipinski definition) is 1. The van der Waals surface area contributed by atoms with Gasteiger partial charge >= 0.3 is 0 Å². The molecule has 13 rings (SSSR count). The minimum absolute atomic E-state index is 1.08. The van der Waals surface area contributed by atoms with Gasteiger partial charge in [0.25, 0.3) is 0 Å². The lowest BCUT2D eigenvalue weighted by atomic mass is 9.84. The summed E-state index contributed by atoms with van der Waals surface area (Å²) >= 11 is 0. The van der Waals surface area contributed by atoms with Gasteiger partial charge in [0.05, 0.1) is 11.0 Å². The number of benzene rings is 12. The van der Waals surface area contributed by atoms with Gasteiger partial charge in [-0.25, -0.2) is 0 Å². The first-order valence-corrected chi connectivity index (χ1v) is 23.4. The van der Waals surface area contributed by atoms with Crippen LogP contribution in [0.15, 0.2) is 267 Å². The van der Waals surface area contributed by atoms with Crippen molar-refractivity contribution in [2.75, 3.05) is 4.90 Å². The second kappa shape index (κ2) is 16.5. The third-order valence-corrected chi connectivity index (χ3v) is 13.7. The lowest BCUT2D eigenvalue weighted by molar-refractivity contribution is 1.18. The first-order valence-electron chi connectivity index (χ1n) is 23.4. The van der Waals surface area contributed by atoms with Crippen LogP contribution in [-0.2, 0) is 0 Å². The highest BCUT2D eigenvalue weighted by molar-refractivity contribution is 6.22. The summed E-state index contributed by atoms with van der Waals surface area (Å²) in [6.07, 6.45) is 0. The van der Waals surface area contributed by atoms with E-state index in [0.717, 1.165) is 28.3 Å². The Morgan fingerprint density at radius 3 is 1.54 bits per heavy atom. The molecule has 0 fully saturated rings. The van der Waals surface area contributed by atoms with Crippen LogP contribution in [0.1, 0.15) is 0 Å². The standard InChI is InChI=1S/C66H44N2/c1-4-19-47(20-5-1)65-60-31-13-12-29-57(60)58-40-36-49(43-62(58)66(65)48-21-6-2-7-22-48)45-34-37-52(38-35-45)67(53-27-16-24-50(42-53)56-32-17-23-46-18-10-11-28-55(46)56)54-39-41-64-61(44-54)59-30-14-15-33-63(59)68(64)51-25-8-3-9-26-51/h1-44H. The van der Waals surface area contributed by atoms with Crippen LogP contribution in [0, 0.1) is 0 Å². The molecule has 2 heteroatoms. The Morgan fingerprint density at radius 2 is 0.779 bits per heavy atom. The number of para-hydroxylation sites is 2. The van der Waals surface area contributed by atoms with E-state index in [0.29, 0.717) is 0 Å². The van der Waals surface area contributed by atoms with Gasteiger partial charge in [0, 0.05) is 33.5 Å². The van der Waals surface area contributed by atoms with Gasteiger partial charge in [0.15, 0.2) is 0 Å². The molecule has 68 heavy (non-hydrogen) atoms. The zero-order valence-corrected chi connectivity index (χ0v) is 37.3. The molecule has 0 aliphatic heterocycles. The summed E-state index contributed by atoms with van der Waals surface area (Å²) in [4.78, 5) is 2.42. The van der Waals surface area contributed by atoms with Crippen molar-refractivity contribution in [2.24, 2.45) is 0 Å². The van der Waals surface area contributed by atoms with Gasteiger partial charge in [-0.3, -0.25) is 0 Å². The minimum atomic E-state index is 1.08. The van der Waals surface area contributed by atoms with Crippen molar-refractivity contribution in [3.63, 3.8) is 0 Å². The van der Waals surface area contributed by atoms with Gasteiger partial charge in [-0.05, 0) is 144 Å². The van der Waals surface area contributed by atoms with Gasteiger partial charge < -0.3 is 9.47 Å². The van der Waals surface area contributed by atoms with E-state index in [2.05, 4.69) is 276 Å². The molecule has 0 spiro atoms. The van der Waals surface area contributed by atoms with Crippen molar-refractivity contribution in [3.8, 4) is 50.2 Å². The van der Waals surface area contributed by atoms with Crippen LogP contribution in [0.2, 0.25) is 0 Å². The van der Waals surface area contributed by atoms with Crippen LogP contribution < -0.4 is 4.90 Å². The molecule has 0 amide bonds. The van der Waals surface area contributed by atoms with Crippen molar-refractivity contribution in [3.05, 3.63) is 267 Å². The molecular weight excluding hydrogens is 821 g/mol. The fourth-order valence-corrected chi connectivity index (χ4v) is 10.7. The van der Waals surface area contributed by atoms with Gasteiger partial charge in [0.1, 0.15) is 0 Å². The summed E-state index contributed by atoms with van der Waals surface area (Å²) in [7, 11) is 0. The molecule has 0 bridgehead atoms. The summed E-state index contributed by atoms with van der Waals surface area (Å²) in [5, 5.41) is 9.92. The van der Waals surface area contributed by atoms with Crippen LogP contribution >= 0.6 is 0 Å². The average molecular weight is 865 g/mol. The van der Waals surface area contributed by atoms with Crippen LogP contribution in [0.4, 0.5) is 17.1 Å². The van der Waals surface area contributed by atoms with Gasteiger partial charge in [-0.2, -0.15) is 0 Å². The van der Waals surface area contributed by atoms with E-state index in [1.54, 1.807) is 0 Å². The van der Waals surface area contributed by atoms with E-state index >= 15 is 0 Å². The zero-order chi connectivity index (χ0) is 45.0. The van der Waals surface area contributed by atoms with E-state index in [1.165, 1.54) is 93.1 Å². The van der Waals surface area contributed by atoms with Crippen LogP contribution in [0.5, 0.6) is 0 Å². The summed E-state index contributed by atoms with van der Waals surface area (Å²) < 4.78 is 2.38. The molecule has 0 unspecified atom stereocenters. The summed E-state index contributed by atoms with van der Waals surface area (Å²) in [5.74, 6) is 0. The highest BCUT2D eigenvalue weighted by Gasteiger charge is 2.21. The molecule has 0 saturated carbocycles. The summed E-state index contributed by atoms with van der Waals surface area (Å²) in [5.41, 5.74) is 16.5. The van der Waals surface area contributed by atoms with Crippen molar-refractivity contribution in [1.29, 1.82) is 0 Å². The third kappa shape index (κ3) is 6.65. The molecule has 0 radical (unpaired) electrons. The molecule has 13 aromatic rings. The van der Waals surface area contributed by atoms with Crippen LogP contribution in [0.3, 0.4) is 0 Å². The largest absolute Gasteiger partial charge is 0.310 e. The summed E-state index contributed by atoms with van der Waals surface area (Å²) in [6.45, 7) is 0. The molecule has 12 aromatic carbocycles. The number of anilines is 3. The molecule has 318 valence electrons. The van der Waals surface area contributed by atoms with Crippen molar-refractivity contribution < 1.29 is 0 Å². The number of rotatable bonds is 8. The fourth-order valence-electron chi connectivity index (χ4n) is 10.7.